The van der Waals surface area contributed by atoms with Crippen LogP contribution in [-0.4, -0.2) is 30.9 Å². The van der Waals surface area contributed by atoms with E-state index >= 15 is 0 Å². The number of carbonyl (C=O) groups excluding carboxylic acids is 1. The van der Waals surface area contributed by atoms with Gasteiger partial charge in [0, 0.05) is 22.6 Å². The van der Waals surface area contributed by atoms with Crippen molar-refractivity contribution in [3.05, 3.63) is 70.4 Å². The number of hydrogen-bond donors (Lipinski definition) is 2. The zero-order valence-electron chi connectivity index (χ0n) is 17.3. The Bertz CT molecular complexity index is 1330. The van der Waals surface area contributed by atoms with Crippen LogP contribution in [0.1, 0.15) is 55.0 Å². The van der Waals surface area contributed by atoms with E-state index in [1.807, 2.05) is 26.0 Å². The van der Waals surface area contributed by atoms with E-state index < -0.39 is 0 Å². The fourth-order valence-corrected chi connectivity index (χ4v) is 3.56. The van der Waals surface area contributed by atoms with Gasteiger partial charge in [0.15, 0.2) is 11.5 Å². The van der Waals surface area contributed by atoms with E-state index in [2.05, 4.69) is 25.6 Å². The zero-order valence-corrected chi connectivity index (χ0v) is 17.3. The SMILES string of the molecule is CC(C)n1nc(C(=O)Nc2ccc(-c3n[nH]c(C4CC4)n3)cc2)c2ccccc2c1=O. The highest BCUT2D eigenvalue weighted by Crippen LogP contribution is 2.38. The molecule has 156 valence electrons. The summed E-state index contributed by atoms with van der Waals surface area (Å²) in [5, 5.41) is 15.5. The largest absolute Gasteiger partial charge is 0.321 e. The van der Waals surface area contributed by atoms with Gasteiger partial charge in [-0.1, -0.05) is 18.2 Å². The van der Waals surface area contributed by atoms with Crippen LogP contribution in [0.4, 0.5) is 5.69 Å². The molecule has 4 aromatic rings. The Hall–Kier alpha value is -3.81. The van der Waals surface area contributed by atoms with Crippen LogP contribution < -0.4 is 10.9 Å². The smallest absolute Gasteiger partial charge is 0.276 e. The van der Waals surface area contributed by atoms with Gasteiger partial charge < -0.3 is 5.32 Å². The van der Waals surface area contributed by atoms with Crippen molar-refractivity contribution < 1.29 is 4.79 Å². The molecule has 0 aliphatic heterocycles. The number of aromatic amines is 1. The summed E-state index contributed by atoms with van der Waals surface area (Å²) in [6, 6.07) is 14.2. The van der Waals surface area contributed by atoms with Crippen molar-refractivity contribution in [2.24, 2.45) is 0 Å². The van der Waals surface area contributed by atoms with Crippen LogP contribution in [0.5, 0.6) is 0 Å². The van der Waals surface area contributed by atoms with Crippen LogP contribution in [0.2, 0.25) is 0 Å². The number of H-pyrrole nitrogens is 1. The molecule has 2 heterocycles. The van der Waals surface area contributed by atoms with Gasteiger partial charge in [-0.25, -0.2) is 9.67 Å². The van der Waals surface area contributed by atoms with Gasteiger partial charge in [0.2, 0.25) is 0 Å². The number of carbonyl (C=O) groups is 1. The Balaban J connectivity index is 1.42. The number of rotatable bonds is 5. The fraction of sp³-hybridized carbons (Fsp3) is 0.261. The van der Waals surface area contributed by atoms with Crippen molar-refractivity contribution in [3.63, 3.8) is 0 Å². The van der Waals surface area contributed by atoms with Crippen LogP contribution in [0.25, 0.3) is 22.2 Å². The van der Waals surface area contributed by atoms with Gasteiger partial charge in [-0.3, -0.25) is 14.7 Å². The second-order valence-electron chi connectivity index (χ2n) is 8.09. The Morgan fingerprint density at radius 3 is 2.48 bits per heavy atom. The first-order chi connectivity index (χ1) is 15.0. The molecule has 0 bridgehead atoms. The maximum absolute atomic E-state index is 13.0. The molecule has 2 aromatic carbocycles. The second-order valence-corrected chi connectivity index (χ2v) is 8.09. The number of fused-ring (bicyclic) bond motifs is 1. The molecule has 1 aliphatic carbocycles. The summed E-state index contributed by atoms with van der Waals surface area (Å²) < 4.78 is 1.35. The van der Waals surface area contributed by atoms with Crippen molar-refractivity contribution in [3.8, 4) is 11.4 Å². The molecule has 5 rings (SSSR count). The molecule has 0 saturated heterocycles. The van der Waals surface area contributed by atoms with Gasteiger partial charge in [-0.15, -0.1) is 0 Å². The van der Waals surface area contributed by atoms with E-state index in [0.717, 1.165) is 24.2 Å². The third-order valence-electron chi connectivity index (χ3n) is 5.40. The summed E-state index contributed by atoms with van der Waals surface area (Å²) >= 11 is 0. The summed E-state index contributed by atoms with van der Waals surface area (Å²) in [6.07, 6.45) is 2.32. The summed E-state index contributed by atoms with van der Waals surface area (Å²) in [6.45, 7) is 3.72. The Kier molecular flexibility index (Phi) is 4.62. The minimum Gasteiger partial charge on any atom is -0.321 e. The molecule has 0 radical (unpaired) electrons. The lowest BCUT2D eigenvalue weighted by Gasteiger charge is -2.13. The highest BCUT2D eigenvalue weighted by molar-refractivity contribution is 6.11. The summed E-state index contributed by atoms with van der Waals surface area (Å²) in [5.41, 5.74) is 1.51. The minimum atomic E-state index is -0.368. The van der Waals surface area contributed by atoms with E-state index in [1.54, 1.807) is 36.4 Å². The Labute approximate surface area is 178 Å². The maximum atomic E-state index is 13.0. The first kappa shape index (κ1) is 19.2. The second kappa shape index (κ2) is 7.46. The third kappa shape index (κ3) is 3.61. The van der Waals surface area contributed by atoms with Crippen LogP contribution in [-0.2, 0) is 0 Å². The molecule has 31 heavy (non-hydrogen) atoms. The van der Waals surface area contributed by atoms with Gasteiger partial charge in [0.25, 0.3) is 11.5 Å². The number of benzene rings is 2. The first-order valence-electron chi connectivity index (χ1n) is 10.4. The monoisotopic (exact) mass is 414 g/mol. The zero-order chi connectivity index (χ0) is 21.5. The van der Waals surface area contributed by atoms with Crippen molar-refractivity contribution >= 4 is 22.4 Å². The van der Waals surface area contributed by atoms with Crippen molar-refractivity contribution in [1.29, 1.82) is 0 Å². The first-order valence-corrected chi connectivity index (χ1v) is 10.4. The summed E-state index contributed by atoms with van der Waals surface area (Å²) in [4.78, 5) is 30.3. The molecule has 1 aliphatic rings. The highest BCUT2D eigenvalue weighted by atomic mass is 16.2. The number of aromatic nitrogens is 5. The molecule has 2 N–H and O–H groups in total. The summed E-state index contributed by atoms with van der Waals surface area (Å²) in [5.74, 6) is 1.73. The molecule has 1 saturated carbocycles. The molecular formula is C23H22N6O2. The van der Waals surface area contributed by atoms with Crippen LogP contribution in [0.15, 0.2) is 53.3 Å². The van der Waals surface area contributed by atoms with Crippen LogP contribution >= 0.6 is 0 Å². The number of nitrogens with one attached hydrogen (secondary N) is 2. The lowest BCUT2D eigenvalue weighted by Crippen LogP contribution is -2.28. The summed E-state index contributed by atoms with van der Waals surface area (Å²) in [7, 11) is 0. The van der Waals surface area contributed by atoms with E-state index in [1.165, 1.54) is 4.68 Å². The number of hydrogen-bond acceptors (Lipinski definition) is 5. The normalized spacial score (nSPS) is 13.6. The molecule has 2 aromatic heterocycles. The van der Waals surface area contributed by atoms with Gasteiger partial charge in [-0.2, -0.15) is 10.2 Å². The maximum Gasteiger partial charge on any atom is 0.276 e. The minimum absolute atomic E-state index is 0.162. The quantitative estimate of drug-likeness (QED) is 0.515. The van der Waals surface area contributed by atoms with E-state index in [0.29, 0.717) is 28.2 Å². The molecule has 0 atom stereocenters. The van der Waals surface area contributed by atoms with Gasteiger partial charge in [0.1, 0.15) is 5.82 Å². The van der Waals surface area contributed by atoms with E-state index in [-0.39, 0.29) is 23.2 Å². The average Bonchev–Trinajstić information content (AvgIpc) is 3.51. The van der Waals surface area contributed by atoms with Crippen LogP contribution in [0, 0.1) is 0 Å². The molecule has 8 heteroatoms. The molecule has 8 nitrogen and oxygen atoms in total. The van der Waals surface area contributed by atoms with Crippen molar-refractivity contribution in [2.75, 3.05) is 5.32 Å². The van der Waals surface area contributed by atoms with Gasteiger partial charge in [0.05, 0.1) is 11.4 Å². The average molecular weight is 414 g/mol. The molecule has 0 unspecified atom stereocenters. The lowest BCUT2D eigenvalue weighted by molar-refractivity contribution is 0.102. The van der Waals surface area contributed by atoms with Gasteiger partial charge >= 0.3 is 0 Å². The van der Waals surface area contributed by atoms with Crippen molar-refractivity contribution in [1.82, 2.24) is 25.0 Å². The molecule has 1 amide bonds. The topological polar surface area (TPSA) is 106 Å². The number of anilines is 1. The molecule has 0 spiro atoms. The van der Waals surface area contributed by atoms with E-state index in [4.69, 9.17) is 0 Å². The lowest BCUT2D eigenvalue weighted by atomic mass is 10.1. The molecule has 1 fully saturated rings. The Morgan fingerprint density at radius 1 is 1.10 bits per heavy atom. The predicted molar refractivity (Wildman–Crippen MR) is 118 cm³/mol. The predicted octanol–water partition coefficient (Wildman–Crippen LogP) is 3.89. The van der Waals surface area contributed by atoms with Crippen LogP contribution in [0.3, 0.4) is 0 Å². The Morgan fingerprint density at radius 2 is 1.81 bits per heavy atom. The molecular weight excluding hydrogens is 392 g/mol. The number of amides is 1. The van der Waals surface area contributed by atoms with Gasteiger partial charge in [-0.05, 0) is 57.0 Å². The third-order valence-corrected chi connectivity index (χ3v) is 5.40. The highest BCUT2D eigenvalue weighted by Gasteiger charge is 2.27. The van der Waals surface area contributed by atoms with Crippen molar-refractivity contribution in [2.45, 2.75) is 38.6 Å². The number of nitrogens with zero attached hydrogens (tertiary/aromatic N) is 4. The van der Waals surface area contributed by atoms with E-state index in [9.17, 15) is 9.59 Å². The standard InChI is InChI=1S/C23H22N6O2/c1-13(2)29-23(31)18-6-4-3-5-17(18)19(28-29)22(30)24-16-11-9-15(10-12-16)21-25-20(26-27-21)14-7-8-14/h3-6,9-14H,7-8H2,1-2H3,(H,24,30)(H,25,26,27). The fourth-order valence-electron chi connectivity index (χ4n) is 3.56.